The average molecular weight is 183 g/mol. The van der Waals surface area contributed by atoms with Crippen LogP contribution in [0.1, 0.15) is 53.4 Å². The summed E-state index contributed by atoms with van der Waals surface area (Å²) in [4.78, 5) is 2.70. The van der Waals surface area contributed by atoms with Crippen molar-refractivity contribution in [2.75, 3.05) is 13.1 Å². The second-order valence-electron chi connectivity index (χ2n) is 5.39. The van der Waals surface area contributed by atoms with Crippen molar-refractivity contribution in [3.8, 4) is 0 Å². The van der Waals surface area contributed by atoms with Gasteiger partial charge in [0.05, 0.1) is 0 Å². The highest BCUT2D eigenvalue weighted by Gasteiger charge is 2.29. The Morgan fingerprint density at radius 2 is 1.62 bits per heavy atom. The molecule has 1 heteroatoms. The first kappa shape index (κ1) is 11.0. The Morgan fingerprint density at radius 3 is 2.00 bits per heavy atom. The molecule has 0 aliphatic carbocycles. The number of piperidine rings is 1. The number of nitrogens with zero attached hydrogens (tertiary/aromatic N) is 1. The zero-order chi connectivity index (χ0) is 9.90. The van der Waals surface area contributed by atoms with Crippen LogP contribution < -0.4 is 0 Å². The van der Waals surface area contributed by atoms with Gasteiger partial charge < -0.3 is 0 Å². The maximum absolute atomic E-state index is 2.70. The summed E-state index contributed by atoms with van der Waals surface area (Å²) in [6.07, 6.45) is 5.56. The molecule has 13 heavy (non-hydrogen) atoms. The third-order valence-corrected chi connectivity index (χ3v) is 3.22. The van der Waals surface area contributed by atoms with Crippen LogP contribution >= 0.6 is 0 Å². The Labute approximate surface area is 83.5 Å². The normalized spacial score (nSPS) is 23.1. The summed E-state index contributed by atoms with van der Waals surface area (Å²) < 4.78 is 0. The van der Waals surface area contributed by atoms with Crippen molar-refractivity contribution in [3.63, 3.8) is 0 Å². The Bertz CT molecular complexity index is 140. The molecule has 1 fully saturated rings. The van der Waals surface area contributed by atoms with E-state index in [1.54, 1.807) is 0 Å². The molecule has 0 spiro atoms. The van der Waals surface area contributed by atoms with Crippen molar-refractivity contribution in [2.24, 2.45) is 5.41 Å². The third-order valence-electron chi connectivity index (χ3n) is 3.22. The lowest BCUT2D eigenvalue weighted by molar-refractivity contribution is 0.0771. The van der Waals surface area contributed by atoms with E-state index in [1.807, 2.05) is 0 Å². The second-order valence-corrected chi connectivity index (χ2v) is 5.39. The molecule has 1 unspecified atom stereocenters. The third kappa shape index (κ3) is 2.98. The van der Waals surface area contributed by atoms with Gasteiger partial charge in [0.15, 0.2) is 0 Å². The molecule has 0 aromatic heterocycles. The molecule has 0 aromatic rings. The van der Waals surface area contributed by atoms with E-state index in [0.717, 1.165) is 6.04 Å². The molecule has 0 bridgehead atoms. The first-order valence-electron chi connectivity index (χ1n) is 5.79. The van der Waals surface area contributed by atoms with Crippen LogP contribution in [0.5, 0.6) is 0 Å². The van der Waals surface area contributed by atoms with Gasteiger partial charge in [-0.1, -0.05) is 34.1 Å². The molecular weight excluding hydrogens is 158 g/mol. The summed E-state index contributed by atoms with van der Waals surface area (Å²) in [5, 5.41) is 0. The van der Waals surface area contributed by atoms with Crippen LogP contribution in [0.25, 0.3) is 0 Å². The molecule has 1 aliphatic heterocycles. The van der Waals surface area contributed by atoms with Gasteiger partial charge in [-0.2, -0.15) is 0 Å². The minimum Gasteiger partial charge on any atom is -0.300 e. The largest absolute Gasteiger partial charge is 0.300 e. The fourth-order valence-electron chi connectivity index (χ4n) is 2.65. The van der Waals surface area contributed by atoms with E-state index in [0.29, 0.717) is 5.41 Å². The minimum atomic E-state index is 0.450. The van der Waals surface area contributed by atoms with Crippen LogP contribution in [0.15, 0.2) is 0 Å². The highest BCUT2D eigenvalue weighted by molar-refractivity contribution is 4.83. The van der Waals surface area contributed by atoms with Crippen molar-refractivity contribution in [1.29, 1.82) is 0 Å². The van der Waals surface area contributed by atoms with E-state index in [2.05, 4.69) is 32.6 Å². The molecule has 1 saturated heterocycles. The van der Waals surface area contributed by atoms with Crippen molar-refractivity contribution in [3.05, 3.63) is 0 Å². The van der Waals surface area contributed by atoms with Gasteiger partial charge in [-0.05, 0) is 37.8 Å². The Kier molecular flexibility index (Phi) is 3.78. The molecule has 1 atom stereocenters. The molecule has 1 aliphatic rings. The van der Waals surface area contributed by atoms with Crippen molar-refractivity contribution >= 4 is 0 Å². The van der Waals surface area contributed by atoms with Crippen molar-refractivity contribution < 1.29 is 0 Å². The molecule has 0 saturated carbocycles. The monoisotopic (exact) mass is 183 g/mol. The van der Waals surface area contributed by atoms with Gasteiger partial charge in [0.25, 0.3) is 0 Å². The van der Waals surface area contributed by atoms with E-state index in [4.69, 9.17) is 0 Å². The fraction of sp³-hybridized carbons (Fsp3) is 1.00. The van der Waals surface area contributed by atoms with Gasteiger partial charge in [-0.25, -0.2) is 0 Å². The topological polar surface area (TPSA) is 3.24 Å². The first-order valence-corrected chi connectivity index (χ1v) is 5.79. The van der Waals surface area contributed by atoms with Gasteiger partial charge in [-0.3, -0.25) is 4.90 Å². The maximum atomic E-state index is 2.70. The zero-order valence-electron chi connectivity index (χ0n) is 9.77. The van der Waals surface area contributed by atoms with Gasteiger partial charge in [-0.15, -0.1) is 0 Å². The lowest BCUT2D eigenvalue weighted by Gasteiger charge is -2.41. The standard InChI is InChI=1S/C12H25N/c1-5-11(12(2,3)4)13-9-7-6-8-10-13/h11H,5-10H2,1-4H3. The fourth-order valence-corrected chi connectivity index (χ4v) is 2.65. The predicted molar refractivity (Wildman–Crippen MR) is 59.0 cm³/mol. The maximum Gasteiger partial charge on any atom is 0.0141 e. The molecule has 0 N–H and O–H groups in total. The Hall–Kier alpha value is -0.0400. The van der Waals surface area contributed by atoms with Crippen LogP contribution in [0.4, 0.5) is 0 Å². The van der Waals surface area contributed by atoms with Crippen LogP contribution in [-0.4, -0.2) is 24.0 Å². The number of hydrogen-bond acceptors (Lipinski definition) is 1. The minimum absolute atomic E-state index is 0.450. The zero-order valence-corrected chi connectivity index (χ0v) is 9.77. The first-order chi connectivity index (χ1) is 6.05. The van der Waals surface area contributed by atoms with Crippen LogP contribution in [0.3, 0.4) is 0 Å². The van der Waals surface area contributed by atoms with Gasteiger partial charge in [0.2, 0.25) is 0 Å². The molecule has 1 heterocycles. The van der Waals surface area contributed by atoms with Gasteiger partial charge in [0.1, 0.15) is 0 Å². The van der Waals surface area contributed by atoms with Crippen LogP contribution in [0, 0.1) is 5.41 Å². The lowest BCUT2D eigenvalue weighted by Crippen LogP contribution is -2.46. The molecular formula is C12H25N. The van der Waals surface area contributed by atoms with E-state index >= 15 is 0 Å². The van der Waals surface area contributed by atoms with Gasteiger partial charge in [0, 0.05) is 6.04 Å². The lowest BCUT2D eigenvalue weighted by atomic mass is 9.83. The molecule has 0 radical (unpaired) electrons. The predicted octanol–water partition coefficient (Wildman–Crippen LogP) is 3.30. The molecule has 1 nitrogen and oxygen atoms in total. The molecule has 1 rings (SSSR count). The summed E-state index contributed by atoms with van der Waals surface area (Å²) >= 11 is 0. The number of rotatable bonds is 2. The number of likely N-dealkylation sites (tertiary alicyclic amines) is 1. The van der Waals surface area contributed by atoms with E-state index in [1.165, 1.54) is 38.8 Å². The van der Waals surface area contributed by atoms with Crippen molar-refractivity contribution in [1.82, 2.24) is 4.90 Å². The highest BCUT2D eigenvalue weighted by atomic mass is 15.2. The summed E-state index contributed by atoms with van der Waals surface area (Å²) in [5.41, 5.74) is 0.450. The highest BCUT2D eigenvalue weighted by Crippen LogP contribution is 2.28. The summed E-state index contributed by atoms with van der Waals surface area (Å²) in [6.45, 7) is 12.1. The number of hydrogen-bond donors (Lipinski definition) is 0. The van der Waals surface area contributed by atoms with Crippen molar-refractivity contribution in [2.45, 2.75) is 59.4 Å². The Morgan fingerprint density at radius 1 is 1.08 bits per heavy atom. The van der Waals surface area contributed by atoms with Gasteiger partial charge >= 0.3 is 0 Å². The Balaban J connectivity index is 2.54. The summed E-state index contributed by atoms with van der Waals surface area (Å²) in [6, 6.07) is 0.785. The van der Waals surface area contributed by atoms with E-state index in [9.17, 15) is 0 Å². The van der Waals surface area contributed by atoms with Crippen LogP contribution in [-0.2, 0) is 0 Å². The molecule has 78 valence electrons. The van der Waals surface area contributed by atoms with E-state index < -0.39 is 0 Å². The quantitative estimate of drug-likeness (QED) is 0.635. The smallest absolute Gasteiger partial charge is 0.0141 e. The average Bonchev–Trinajstić information content (AvgIpc) is 2.05. The second kappa shape index (κ2) is 4.45. The molecule has 0 amide bonds. The summed E-state index contributed by atoms with van der Waals surface area (Å²) in [7, 11) is 0. The molecule has 0 aromatic carbocycles. The SMILES string of the molecule is CCC(N1CCCCC1)C(C)(C)C. The van der Waals surface area contributed by atoms with Crippen LogP contribution in [0.2, 0.25) is 0 Å². The van der Waals surface area contributed by atoms with E-state index in [-0.39, 0.29) is 0 Å². The summed E-state index contributed by atoms with van der Waals surface area (Å²) in [5.74, 6) is 0.